The van der Waals surface area contributed by atoms with Crippen LogP contribution >= 0.6 is 0 Å². The first kappa shape index (κ1) is 11.0. The second kappa shape index (κ2) is 5.59. The monoisotopic (exact) mass is 158 g/mol. The van der Waals surface area contributed by atoms with E-state index in [2.05, 4.69) is 27.7 Å². The van der Waals surface area contributed by atoms with Gasteiger partial charge in [-0.3, -0.25) is 0 Å². The van der Waals surface area contributed by atoms with Crippen LogP contribution < -0.4 is 0 Å². The molecule has 0 heterocycles. The molecule has 0 N–H and O–H groups in total. The first-order valence-corrected chi connectivity index (χ1v) is 4.82. The van der Waals surface area contributed by atoms with Crippen LogP contribution in [0, 0.1) is 0 Å². The highest BCUT2D eigenvalue weighted by atomic mass is 16.5. The van der Waals surface area contributed by atoms with Gasteiger partial charge < -0.3 is 4.74 Å². The maximum absolute atomic E-state index is 5.71. The topological polar surface area (TPSA) is 9.23 Å². The third-order valence-corrected chi connectivity index (χ3v) is 2.05. The molecule has 0 aliphatic rings. The van der Waals surface area contributed by atoms with Gasteiger partial charge in [0.2, 0.25) is 0 Å². The summed E-state index contributed by atoms with van der Waals surface area (Å²) in [5, 5.41) is 0. The second-order valence-electron chi connectivity index (χ2n) is 3.38. The first-order chi connectivity index (χ1) is 5.18. The minimum absolute atomic E-state index is 0.151. The summed E-state index contributed by atoms with van der Waals surface area (Å²) in [5.74, 6) is 0. The van der Waals surface area contributed by atoms with E-state index in [1.165, 1.54) is 25.7 Å². The molecule has 0 saturated carbocycles. The van der Waals surface area contributed by atoms with Crippen molar-refractivity contribution in [3.63, 3.8) is 0 Å². The van der Waals surface area contributed by atoms with Crippen LogP contribution in [-0.2, 0) is 4.74 Å². The van der Waals surface area contributed by atoms with Gasteiger partial charge in [-0.1, -0.05) is 26.7 Å². The third-order valence-electron chi connectivity index (χ3n) is 2.05. The maximum Gasteiger partial charge on any atom is 0.0654 e. The molecule has 0 aromatic carbocycles. The van der Waals surface area contributed by atoms with Gasteiger partial charge in [0.15, 0.2) is 0 Å². The van der Waals surface area contributed by atoms with Crippen molar-refractivity contribution in [1.82, 2.24) is 0 Å². The third kappa shape index (κ3) is 4.41. The average molecular weight is 158 g/mol. The molecule has 0 saturated heterocycles. The van der Waals surface area contributed by atoms with E-state index in [0.717, 1.165) is 6.61 Å². The van der Waals surface area contributed by atoms with Crippen molar-refractivity contribution < 1.29 is 4.74 Å². The Bertz CT molecular complexity index is 71.9. The molecular weight excluding hydrogens is 136 g/mol. The number of rotatable bonds is 6. The summed E-state index contributed by atoms with van der Waals surface area (Å²) in [7, 11) is 0. The van der Waals surface area contributed by atoms with Gasteiger partial charge in [0.05, 0.1) is 5.60 Å². The Balaban J connectivity index is 3.79. The summed E-state index contributed by atoms with van der Waals surface area (Å²) < 4.78 is 5.71. The van der Waals surface area contributed by atoms with E-state index >= 15 is 0 Å². The fourth-order valence-corrected chi connectivity index (χ4v) is 1.68. The SMILES string of the molecule is CCCC(C)(CCC)OCC. The van der Waals surface area contributed by atoms with Gasteiger partial charge in [-0.05, 0) is 26.7 Å². The Morgan fingerprint density at radius 1 is 1.00 bits per heavy atom. The summed E-state index contributed by atoms with van der Waals surface area (Å²) >= 11 is 0. The zero-order valence-electron chi connectivity index (χ0n) is 8.44. The molecule has 0 fully saturated rings. The summed E-state index contributed by atoms with van der Waals surface area (Å²) in [6, 6.07) is 0. The Morgan fingerprint density at radius 3 is 1.73 bits per heavy atom. The zero-order chi connectivity index (χ0) is 8.74. The summed E-state index contributed by atoms with van der Waals surface area (Å²) in [6.07, 6.45) is 4.82. The van der Waals surface area contributed by atoms with E-state index in [1.54, 1.807) is 0 Å². The molecule has 1 nitrogen and oxygen atoms in total. The van der Waals surface area contributed by atoms with Gasteiger partial charge in [-0.15, -0.1) is 0 Å². The quantitative estimate of drug-likeness (QED) is 0.576. The van der Waals surface area contributed by atoms with Gasteiger partial charge in [0, 0.05) is 6.61 Å². The molecule has 0 rings (SSSR count). The van der Waals surface area contributed by atoms with Crippen LogP contribution in [0.3, 0.4) is 0 Å². The molecule has 0 unspecified atom stereocenters. The lowest BCUT2D eigenvalue weighted by atomic mass is 9.95. The Hall–Kier alpha value is -0.0400. The Kier molecular flexibility index (Phi) is 5.57. The molecule has 0 amide bonds. The number of hydrogen-bond donors (Lipinski definition) is 0. The van der Waals surface area contributed by atoms with Crippen LogP contribution in [0.15, 0.2) is 0 Å². The van der Waals surface area contributed by atoms with E-state index in [1.807, 2.05) is 0 Å². The normalized spacial score (nSPS) is 12.0. The highest BCUT2D eigenvalue weighted by Crippen LogP contribution is 2.23. The predicted molar refractivity (Wildman–Crippen MR) is 49.8 cm³/mol. The van der Waals surface area contributed by atoms with Gasteiger partial charge in [-0.2, -0.15) is 0 Å². The van der Waals surface area contributed by atoms with Crippen molar-refractivity contribution in [3.8, 4) is 0 Å². The summed E-state index contributed by atoms with van der Waals surface area (Å²) in [6.45, 7) is 9.57. The Labute approximate surface area is 71.1 Å². The second-order valence-corrected chi connectivity index (χ2v) is 3.38. The molecule has 0 aliphatic carbocycles. The molecule has 0 bridgehead atoms. The van der Waals surface area contributed by atoms with Crippen LogP contribution in [0.4, 0.5) is 0 Å². The van der Waals surface area contributed by atoms with E-state index < -0.39 is 0 Å². The molecule has 0 atom stereocenters. The van der Waals surface area contributed by atoms with Crippen molar-refractivity contribution in [3.05, 3.63) is 0 Å². The van der Waals surface area contributed by atoms with E-state index in [-0.39, 0.29) is 5.60 Å². The van der Waals surface area contributed by atoms with Crippen LogP contribution in [0.5, 0.6) is 0 Å². The number of hydrogen-bond acceptors (Lipinski definition) is 1. The molecule has 0 spiro atoms. The molecule has 0 radical (unpaired) electrons. The predicted octanol–water partition coefficient (Wildman–Crippen LogP) is 3.38. The average Bonchev–Trinajstić information content (AvgIpc) is 1.88. The number of ether oxygens (including phenoxy) is 1. The molecule has 0 aromatic rings. The Morgan fingerprint density at radius 2 is 1.45 bits per heavy atom. The molecule has 11 heavy (non-hydrogen) atoms. The van der Waals surface area contributed by atoms with Crippen molar-refractivity contribution in [2.45, 2.75) is 59.0 Å². The van der Waals surface area contributed by atoms with E-state index in [9.17, 15) is 0 Å². The summed E-state index contributed by atoms with van der Waals surface area (Å²) in [4.78, 5) is 0. The van der Waals surface area contributed by atoms with Gasteiger partial charge in [0.1, 0.15) is 0 Å². The lowest BCUT2D eigenvalue weighted by Gasteiger charge is -2.28. The van der Waals surface area contributed by atoms with Crippen molar-refractivity contribution in [2.24, 2.45) is 0 Å². The molecule has 68 valence electrons. The lowest BCUT2D eigenvalue weighted by Crippen LogP contribution is -2.28. The van der Waals surface area contributed by atoms with Crippen molar-refractivity contribution in [1.29, 1.82) is 0 Å². The largest absolute Gasteiger partial charge is 0.376 e. The lowest BCUT2D eigenvalue weighted by molar-refractivity contribution is -0.0379. The highest BCUT2D eigenvalue weighted by Gasteiger charge is 2.21. The molecule has 1 heteroatoms. The minimum Gasteiger partial charge on any atom is -0.376 e. The van der Waals surface area contributed by atoms with Gasteiger partial charge in [-0.25, -0.2) is 0 Å². The fourth-order valence-electron chi connectivity index (χ4n) is 1.68. The molecule has 0 aliphatic heterocycles. The van der Waals surface area contributed by atoms with Crippen LogP contribution in [-0.4, -0.2) is 12.2 Å². The van der Waals surface area contributed by atoms with Crippen LogP contribution in [0.1, 0.15) is 53.4 Å². The highest BCUT2D eigenvalue weighted by molar-refractivity contribution is 4.73. The molecular formula is C10H22O. The first-order valence-electron chi connectivity index (χ1n) is 4.82. The summed E-state index contributed by atoms with van der Waals surface area (Å²) in [5.41, 5.74) is 0.151. The standard InChI is InChI=1S/C10H22O/c1-5-8-10(4,9-6-2)11-7-3/h5-9H2,1-4H3. The van der Waals surface area contributed by atoms with Crippen LogP contribution in [0.2, 0.25) is 0 Å². The zero-order valence-corrected chi connectivity index (χ0v) is 8.44. The minimum atomic E-state index is 0.151. The van der Waals surface area contributed by atoms with Crippen LogP contribution in [0.25, 0.3) is 0 Å². The van der Waals surface area contributed by atoms with Crippen molar-refractivity contribution >= 4 is 0 Å². The van der Waals surface area contributed by atoms with Crippen molar-refractivity contribution in [2.75, 3.05) is 6.61 Å². The fraction of sp³-hybridized carbons (Fsp3) is 1.00. The van der Waals surface area contributed by atoms with Gasteiger partial charge in [0.25, 0.3) is 0 Å². The van der Waals surface area contributed by atoms with E-state index in [0.29, 0.717) is 0 Å². The van der Waals surface area contributed by atoms with Gasteiger partial charge >= 0.3 is 0 Å². The molecule has 0 aromatic heterocycles. The smallest absolute Gasteiger partial charge is 0.0654 e. The van der Waals surface area contributed by atoms with E-state index in [4.69, 9.17) is 4.74 Å². The maximum atomic E-state index is 5.71.